The van der Waals surface area contributed by atoms with Crippen molar-refractivity contribution in [2.45, 2.75) is 29.9 Å². The van der Waals surface area contributed by atoms with E-state index >= 15 is 0 Å². The van der Waals surface area contributed by atoms with Crippen LogP contribution in [0.1, 0.15) is 28.4 Å². The van der Waals surface area contributed by atoms with E-state index in [1.807, 2.05) is 6.92 Å². The quantitative estimate of drug-likeness (QED) is 0.426. The molecule has 32 heavy (non-hydrogen) atoms. The molecule has 164 valence electrons. The molecule has 1 amide bonds. The summed E-state index contributed by atoms with van der Waals surface area (Å²) in [5.41, 5.74) is 2.73. The maximum absolute atomic E-state index is 12.9. The van der Waals surface area contributed by atoms with Crippen LogP contribution in [0.3, 0.4) is 0 Å². The van der Waals surface area contributed by atoms with Gasteiger partial charge in [0.15, 0.2) is 5.65 Å². The molecule has 0 saturated carbocycles. The molecule has 0 saturated heterocycles. The van der Waals surface area contributed by atoms with E-state index in [2.05, 4.69) is 20.5 Å². The monoisotopic (exact) mass is 450 g/mol. The second kappa shape index (κ2) is 9.29. The van der Waals surface area contributed by atoms with Crippen LogP contribution in [0.15, 0.2) is 76.8 Å². The number of carbonyl (C=O) groups is 1. The summed E-state index contributed by atoms with van der Waals surface area (Å²) in [4.78, 5) is 17.0. The van der Waals surface area contributed by atoms with Crippen LogP contribution in [-0.2, 0) is 27.7 Å². The standard InChI is InChI=1S/C23H22N4O4S/c1-2-31-15-17-5-9-21(10-6-17)32(29,30)20-7-3-16(4-8-20)12-25-23(28)19-11-18-14-26-27-22(18)24-13-19/h3-11,13-14H,2,12,15H2,1H3,(H,25,28)(H,24,26,27). The zero-order chi connectivity index (χ0) is 22.6. The number of aromatic amines is 1. The fraction of sp³-hybridized carbons (Fsp3) is 0.174. The summed E-state index contributed by atoms with van der Waals surface area (Å²) in [6.07, 6.45) is 3.08. The molecule has 4 rings (SSSR count). The van der Waals surface area contributed by atoms with Crippen molar-refractivity contribution in [1.29, 1.82) is 0 Å². The van der Waals surface area contributed by atoms with Crippen molar-refractivity contribution in [2.75, 3.05) is 6.61 Å². The minimum Gasteiger partial charge on any atom is -0.377 e. The zero-order valence-electron chi connectivity index (χ0n) is 17.4. The van der Waals surface area contributed by atoms with Crippen molar-refractivity contribution < 1.29 is 17.9 Å². The number of rotatable bonds is 8. The number of fused-ring (bicyclic) bond motifs is 1. The molecule has 0 aliphatic carbocycles. The van der Waals surface area contributed by atoms with Crippen LogP contribution in [0.5, 0.6) is 0 Å². The Morgan fingerprint density at radius 3 is 2.31 bits per heavy atom. The summed E-state index contributed by atoms with van der Waals surface area (Å²) in [6.45, 7) is 3.21. The predicted octanol–water partition coefficient (Wildman–Crippen LogP) is 3.26. The Kier molecular flexibility index (Phi) is 6.29. The van der Waals surface area contributed by atoms with E-state index in [-0.39, 0.29) is 22.2 Å². The second-order valence-corrected chi connectivity index (χ2v) is 9.09. The van der Waals surface area contributed by atoms with E-state index in [1.165, 1.54) is 6.20 Å². The van der Waals surface area contributed by atoms with Crippen LogP contribution < -0.4 is 5.32 Å². The average Bonchev–Trinajstić information content (AvgIpc) is 3.30. The predicted molar refractivity (Wildman–Crippen MR) is 119 cm³/mol. The van der Waals surface area contributed by atoms with Crippen LogP contribution >= 0.6 is 0 Å². The summed E-state index contributed by atoms with van der Waals surface area (Å²) in [5, 5.41) is 10.2. The van der Waals surface area contributed by atoms with Crippen molar-refractivity contribution in [3.05, 3.63) is 83.7 Å². The van der Waals surface area contributed by atoms with E-state index in [0.29, 0.717) is 24.4 Å². The lowest BCUT2D eigenvalue weighted by molar-refractivity contribution is 0.0950. The largest absolute Gasteiger partial charge is 0.377 e. The summed E-state index contributed by atoms with van der Waals surface area (Å²) in [6, 6.07) is 14.8. The Morgan fingerprint density at radius 1 is 1.00 bits per heavy atom. The van der Waals surface area contributed by atoms with Gasteiger partial charge >= 0.3 is 0 Å². The third kappa shape index (κ3) is 4.68. The van der Waals surface area contributed by atoms with Gasteiger partial charge in [-0.25, -0.2) is 13.4 Å². The number of hydrogen-bond acceptors (Lipinski definition) is 6. The lowest BCUT2D eigenvalue weighted by Gasteiger charge is -2.09. The molecule has 8 nitrogen and oxygen atoms in total. The van der Waals surface area contributed by atoms with Crippen molar-refractivity contribution in [1.82, 2.24) is 20.5 Å². The Balaban J connectivity index is 1.41. The van der Waals surface area contributed by atoms with Gasteiger partial charge in [0.25, 0.3) is 5.91 Å². The molecule has 0 radical (unpaired) electrons. The van der Waals surface area contributed by atoms with Crippen LogP contribution in [0.4, 0.5) is 0 Å². The third-order valence-electron chi connectivity index (χ3n) is 4.95. The van der Waals surface area contributed by atoms with E-state index in [1.54, 1.807) is 60.8 Å². The number of carbonyl (C=O) groups excluding carboxylic acids is 1. The Labute approximate surface area is 185 Å². The number of benzene rings is 2. The molecule has 2 N–H and O–H groups in total. The molecule has 0 atom stereocenters. The van der Waals surface area contributed by atoms with Gasteiger partial charge in [0.05, 0.1) is 28.2 Å². The highest BCUT2D eigenvalue weighted by atomic mass is 32.2. The van der Waals surface area contributed by atoms with Gasteiger partial charge in [-0.3, -0.25) is 9.89 Å². The highest BCUT2D eigenvalue weighted by molar-refractivity contribution is 7.91. The van der Waals surface area contributed by atoms with Crippen molar-refractivity contribution in [3.63, 3.8) is 0 Å². The second-order valence-electron chi connectivity index (χ2n) is 7.14. The smallest absolute Gasteiger partial charge is 0.253 e. The lowest BCUT2D eigenvalue weighted by Crippen LogP contribution is -2.22. The summed E-state index contributed by atoms with van der Waals surface area (Å²) in [7, 11) is -3.63. The van der Waals surface area contributed by atoms with Gasteiger partial charge < -0.3 is 10.1 Å². The van der Waals surface area contributed by atoms with Crippen LogP contribution in [0.25, 0.3) is 11.0 Å². The fourth-order valence-corrected chi connectivity index (χ4v) is 4.41. The first kappa shape index (κ1) is 21.7. The molecular formula is C23H22N4O4S. The minimum atomic E-state index is -3.63. The number of ether oxygens (including phenoxy) is 1. The first-order valence-corrected chi connectivity index (χ1v) is 11.5. The number of nitrogens with zero attached hydrogens (tertiary/aromatic N) is 2. The molecule has 2 aromatic carbocycles. The van der Waals surface area contributed by atoms with E-state index in [4.69, 9.17) is 4.74 Å². The zero-order valence-corrected chi connectivity index (χ0v) is 18.2. The van der Waals surface area contributed by atoms with E-state index < -0.39 is 9.84 Å². The number of H-pyrrole nitrogens is 1. The van der Waals surface area contributed by atoms with E-state index in [0.717, 1.165) is 16.5 Å². The molecule has 2 heterocycles. The van der Waals surface area contributed by atoms with Gasteiger partial charge in [-0.2, -0.15) is 5.10 Å². The van der Waals surface area contributed by atoms with Crippen molar-refractivity contribution >= 4 is 26.8 Å². The number of pyridine rings is 1. The number of sulfone groups is 1. The average molecular weight is 451 g/mol. The molecule has 0 bridgehead atoms. The first-order valence-electron chi connectivity index (χ1n) is 10.1. The summed E-state index contributed by atoms with van der Waals surface area (Å²) >= 11 is 0. The summed E-state index contributed by atoms with van der Waals surface area (Å²) < 4.78 is 31.1. The Bertz CT molecular complexity index is 1330. The van der Waals surface area contributed by atoms with Crippen LogP contribution in [0.2, 0.25) is 0 Å². The normalized spacial score (nSPS) is 11.5. The van der Waals surface area contributed by atoms with Gasteiger partial charge in [-0.15, -0.1) is 0 Å². The molecule has 2 aromatic heterocycles. The third-order valence-corrected chi connectivity index (χ3v) is 6.73. The molecule has 9 heteroatoms. The number of hydrogen-bond donors (Lipinski definition) is 2. The van der Waals surface area contributed by atoms with Crippen molar-refractivity contribution in [2.24, 2.45) is 0 Å². The topological polar surface area (TPSA) is 114 Å². The maximum Gasteiger partial charge on any atom is 0.253 e. The van der Waals surface area contributed by atoms with Crippen molar-refractivity contribution in [3.8, 4) is 0 Å². The lowest BCUT2D eigenvalue weighted by atomic mass is 10.2. The molecule has 0 aliphatic heterocycles. The van der Waals surface area contributed by atoms with Gasteiger partial charge in [0.2, 0.25) is 9.84 Å². The number of amides is 1. The van der Waals surface area contributed by atoms with Gasteiger partial charge in [-0.05, 0) is 48.4 Å². The van der Waals surface area contributed by atoms with Gasteiger partial charge in [-0.1, -0.05) is 24.3 Å². The fourth-order valence-electron chi connectivity index (χ4n) is 3.15. The Hall–Kier alpha value is -3.56. The maximum atomic E-state index is 12.9. The van der Waals surface area contributed by atoms with Crippen LogP contribution in [0, 0.1) is 0 Å². The first-order chi connectivity index (χ1) is 15.5. The number of nitrogens with one attached hydrogen (secondary N) is 2. The molecule has 0 unspecified atom stereocenters. The highest BCUT2D eigenvalue weighted by Gasteiger charge is 2.17. The molecule has 4 aromatic rings. The highest BCUT2D eigenvalue weighted by Crippen LogP contribution is 2.22. The van der Waals surface area contributed by atoms with Gasteiger partial charge in [0, 0.05) is 24.7 Å². The summed E-state index contributed by atoms with van der Waals surface area (Å²) in [5.74, 6) is -0.274. The molecular weight excluding hydrogens is 428 g/mol. The van der Waals surface area contributed by atoms with E-state index in [9.17, 15) is 13.2 Å². The molecule has 0 aliphatic rings. The molecule has 0 spiro atoms. The molecule has 0 fully saturated rings. The van der Waals surface area contributed by atoms with Crippen LogP contribution in [-0.4, -0.2) is 36.1 Å². The number of aromatic nitrogens is 3. The Morgan fingerprint density at radius 2 is 1.66 bits per heavy atom. The minimum absolute atomic E-state index is 0.194. The SMILES string of the molecule is CCOCc1ccc(S(=O)(=O)c2ccc(CNC(=O)c3cnc4[nH]ncc4c3)cc2)cc1. The van der Waals surface area contributed by atoms with Gasteiger partial charge in [0.1, 0.15) is 0 Å².